The van der Waals surface area contributed by atoms with Gasteiger partial charge in [-0.3, -0.25) is 9.78 Å². The Morgan fingerprint density at radius 1 is 0.717 bits per heavy atom. The predicted octanol–water partition coefficient (Wildman–Crippen LogP) is 7.36. The fraction of sp³-hybridized carbons (Fsp3) is 0.282. The van der Waals surface area contributed by atoms with E-state index in [-0.39, 0.29) is 5.78 Å². The SMILES string of the molecule is CCN(CC)c1ccc2c(c1)Oc1cc(N(CC)CC)ccc1C21c2ccccc2C(=O)c2ccc(CNCc3ccccn3)n21. The van der Waals surface area contributed by atoms with Gasteiger partial charge in [0.1, 0.15) is 17.0 Å². The van der Waals surface area contributed by atoms with E-state index in [1.807, 2.05) is 48.7 Å². The fourth-order valence-corrected chi connectivity index (χ4v) is 7.42. The van der Waals surface area contributed by atoms with Crippen LogP contribution >= 0.6 is 0 Å². The second-order valence-electron chi connectivity index (χ2n) is 11.9. The van der Waals surface area contributed by atoms with Crippen molar-refractivity contribution in [3.05, 3.63) is 137 Å². The third-order valence-corrected chi connectivity index (χ3v) is 9.62. The van der Waals surface area contributed by atoms with Crippen molar-refractivity contribution >= 4 is 17.2 Å². The molecular formula is C39H41N5O2. The molecule has 7 rings (SSSR count). The topological polar surface area (TPSA) is 62.6 Å². The molecule has 1 N–H and O–H groups in total. The minimum Gasteiger partial charge on any atom is -0.456 e. The second-order valence-corrected chi connectivity index (χ2v) is 11.9. The van der Waals surface area contributed by atoms with Gasteiger partial charge in [-0.25, -0.2) is 0 Å². The summed E-state index contributed by atoms with van der Waals surface area (Å²) in [6.07, 6.45) is 1.82. The molecule has 0 atom stereocenters. The largest absolute Gasteiger partial charge is 0.456 e. The standard InChI is InChI=1S/C39H41N5O2/c1-5-42(6-2)28-16-19-33-36(23-28)46-37-24-29(43(7-3)8-4)17-20-34(37)39(33)32-15-10-9-14-31(32)38(45)35-21-18-30(44(35)39)26-40-25-27-13-11-12-22-41-27/h9-24,40H,5-8,25-26H2,1-4H3. The zero-order valence-electron chi connectivity index (χ0n) is 27.1. The minimum atomic E-state index is -0.822. The van der Waals surface area contributed by atoms with Gasteiger partial charge < -0.3 is 24.4 Å². The van der Waals surface area contributed by atoms with Crippen LogP contribution in [0.1, 0.15) is 71.8 Å². The van der Waals surface area contributed by atoms with Crippen LogP contribution in [0, 0.1) is 0 Å². The molecule has 2 aromatic heterocycles. The summed E-state index contributed by atoms with van der Waals surface area (Å²) in [5.74, 6) is 1.65. The molecule has 0 unspecified atom stereocenters. The van der Waals surface area contributed by atoms with Gasteiger partial charge in [0.05, 0.1) is 11.4 Å². The summed E-state index contributed by atoms with van der Waals surface area (Å²) in [4.78, 5) is 23.4. The number of pyridine rings is 1. The first-order valence-electron chi connectivity index (χ1n) is 16.5. The Bertz CT molecular complexity index is 1830. The van der Waals surface area contributed by atoms with E-state index in [1.165, 1.54) is 0 Å². The molecule has 7 heteroatoms. The van der Waals surface area contributed by atoms with Crippen molar-refractivity contribution in [1.29, 1.82) is 0 Å². The zero-order valence-corrected chi connectivity index (χ0v) is 27.1. The molecule has 0 saturated heterocycles. The van der Waals surface area contributed by atoms with Crippen LogP contribution < -0.4 is 19.9 Å². The fourth-order valence-electron chi connectivity index (χ4n) is 7.42. The van der Waals surface area contributed by atoms with Gasteiger partial charge in [0.15, 0.2) is 0 Å². The summed E-state index contributed by atoms with van der Waals surface area (Å²) in [5, 5.41) is 3.60. The van der Waals surface area contributed by atoms with Crippen molar-refractivity contribution in [2.75, 3.05) is 36.0 Å². The molecule has 234 valence electrons. The van der Waals surface area contributed by atoms with Crippen LogP contribution in [0.4, 0.5) is 11.4 Å². The number of fused-ring (bicyclic) bond motifs is 8. The molecule has 5 aromatic rings. The van der Waals surface area contributed by atoms with Crippen LogP contribution in [0.3, 0.4) is 0 Å². The zero-order chi connectivity index (χ0) is 31.8. The molecule has 4 heterocycles. The Morgan fingerprint density at radius 3 is 1.96 bits per heavy atom. The first-order valence-corrected chi connectivity index (χ1v) is 16.5. The van der Waals surface area contributed by atoms with Crippen molar-refractivity contribution in [3.8, 4) is 11.5 Å². The number of hydrogen-bond donors (Lipinski definition) is 1. The number of benzene rings is 3. The van der Waals surface area contributed by atoms with E-state index in [0.29, 0.717) is 18.8 Å². The number of hydrogen-bond acceptors (Lipinski definition) is 6. The maximum absolute atomic E-state index is 14.2. The third kappa shape index (κ3) is 4.60. The number of nitrogens with zero attached hydrogens (tertiary/aromatic N) is 4. The van der Waals surface area contributed by atoms with E-state index in [0.717, 1.165) is 82.7 Å². The van der Waals surface area contributed by atoms with Crippen molar-refractivity contribution in [2.45, 2.75) is 46.3 Å². The molecule has 0 saturated carbocycles. The average molecular weight is 612 g/mol. The van der Waals surface area contributed by atoms with Crippen LogP contribution in [0.25, 0.3) is 0 Å². The summed E-state index contributed by atoms with van der Waals surface area (Å²) in [7, 11) is 0. The number of rotatable bonds is 10. The lowest BCUT2D eigenvalue weighted by Crippen LogP contribution is -2.47. The second kappa shape index (κ2) is 12.1. The summed E-state index contributed by atoms with van der Waals surface area (Å²) in [6.45, 7) is 13.5. The van der Waals surface area contributed by atoms with E-state index >= 15 is 0 Å². The van der Waals surface area contributed by atoms with Crippen LogP contribution in [-0.4, -0.2) is 41.5 Å². The van der Waals surface area contributed by atoms with E-state index in [1.54, 1.807) is 0 Å². The summed E-state index contributed by atoms with van der Waals surface area (Å²) in [5.41, 5.74) is 7.81. The van der Waals surface area contributed by atoms with E-state index in [9.17, 15) is 4.79 Å². The monoisotopic (exact) mass is 611 g/mol. The number of anilines is 2. The van der Waals surface area contributed by atoms with Crippen molar-refractivity contribution < 1.29 is 9.53 Å². The van der Waals surface area contributed by atoms with Gasteiger partial charge in [-0.15, -0.1) is 0 Å². The minimum absolute atomic E-state index is 0.0336. The summed E-state index contributed by atoms with van der Waals surface area (Å²) >= 11 is 0. The van der Waals surface area contributed by atoms with Gasteiger partial charge >= 0.3 is 0 Å². The molecule has 0 bridgehead atoms. The molecule has 0 aliphatic carbocycles. The molecule has 2 aliphatic rings. The third-order valence-electron chi connectivity index (χ3n) is 9.62. The van der Waals surface area contributed by atoms with E-state index < -0.39 is 5.54 Å². The summed E-state index contributed by atoms with van der Waals surface area (Å²) in [6, 6.07) is 31.3. The highest BCUT2D eigenvalue weighted by molar-refractivity contribution is 6.11. The molecule has 3 aromatic carbocycles. The molecular weight excluding hydrogens is 570 g/mol. The Hall–Kier alpha value is -4.88. The van der Waals surface area contributed by atoms with Gasteiger partial charge in [-0.1, -0.05) is 42.5 Å². The highest BCUT2D eigenvalue weighted by Crippen LogP contribution is 2.57. The first kappa shape index (κ1) is 29.8. The predicted molar refractivity (Wildman–Crippen MR) is 184 cm³/mol. The molecule has 1 spiro atoms. The van der Waals surface area contributed by atoms with Crippen molar-refractivity contribution in [1.82, 2.24) is 14.9 Å². The number of carbonyl (C=O) groups excluding carboxylic acids is 1. The van der Waals surface area contributed by atoms with E-state index in [4.69, 9.17) is 4.74 Å². The van der Waals surface area contributed by atoms with Crippen LogP contribution in [-0.2, 0) is 18.6 Å². The molecule has 0 fully saturated rings. The van der Waals surface area contributed by atoms with Crippen LogP contribution in [0.5, 0.6) is 11.5 Å². The molecule has 7 nitrogen and oxygen atoms in total. The normalized spacial score (nSPS) is 13.8. The molecule has 46 heavy (non-hydrogen) atoms. The lowest BCUT2D eigenvalue weighted by molar-refractivity contribution is 0.101. The van der Waals surface area contributed by atoms with Gasteiger partial charge in [-0.05, 0) is 69.7 Å². The highest BCUT2D eigenvalue weighted by atomic mass is 16.5. The quantitative estimate of drug-likeness (QED) is 0.174. The van der Waals surface area contributed by atoms with E-state index in [2.05, 4.69) is 101 Å². The molecule has 0 radical (unpaired) electrons. The Kier molecular flexibility index (Phi) is 7.87. The number of ether oxygens (including phenoxy) is 1. The van der Waals surface area contributed by atoms with Crippen LogP contribution in [0.15, 0.2) is 97.2 Å². The van der Waals surface area contributed by atoms with Crippen molar-refractivity contribution in [2.24, 2.45) is 0 Å². The number of carbonyl (C=O) groups is 1. The van der Waals surface area contributed by atoms with Gasteiger partial charge in [0.25, 0.3) is 0 Å². The number of nitrogens with one attached hydrogen (secondary N) is 1. The van der Waals surface area contributed by atoms with Gasteiger partial charge in [0, 0.05) is 91.4 Å². The number of aromatic nitrogens is 2. The maximum atomic E-state index is 14.2. The van der Waals surface area contributed by atoms with Crippen LogP contribution in [0.2, 0.25) is 0 Å². The Labute approximate surface area is 271 Å². The lowest BCUT2D eigenvalue weighted by Gasteiger charge is -2.47. The Morgan fingerprint density at radius 2 is 1.35 bits per heavy atom. The lowest BCUT2D eigenvalue weighted by atomic mass is 9.70. The first-order chi connectivity index (χ1) is 22.5. The number of ketones is 1. The van der Waals surface area contributed by atoms with Gasteiger partial charge in [0.2, 0.25) is 5.78 Å². The smallest absolute Gasteiger partial charge is 0.209 e. The average Bonchev–Trinajstić information content (AvgIpc) is 3.53. The summed E-state index contributed by atoms with van der Waals surface area (Å²) < 4.78 is 9.18. The van der Waals surface area contributed by atoms with Crippen molar-refractivity contribution in [3.63, 3.8) is 0 Å². The Balaban J connectivity index is 1.49. The molecule has 0 amide bonds. The highest BCUT2D eigenvalue weighted by Gasteiger charge is 2.52. The maximum Gasteiger partial charge on any atom is 0.209 e. The molecule has 2 aliphatic heterocycles. The van der Waals surface area contributed by atoms with Gasteiger partial charge in [-0.2, -0.15) is 0 Å².